The van der Waals surface area contributed by atoms with Crippen molar-refractivity contribution >= 4 is 0 Å². The molecule has 0 radical (unpaired) electrons. The summed E-state index contributed by atoms with van der Waals surface area (Å²) >= 11 is 0. The van der Waals surface area contributed by atoms with Crippen molar-refractivity contribution < 1.29 is 50.0 Å². The summed E-state index contributed by atoms with van der Waals surface area (Å²) < 4.78 is 15.6. The normalized spacial score (nSPS) is 50.0. The zero-order chi connectivity index (χ0) is 18.0. The molecule has 2 aliphatic heterocycles. The zero-order valence-electron chi connectivity index (χ0n) is 13.3. The first-order valence-corrected chi connectivity index (χ1v) is 7.84. The summed E-state index contributed by atoms with van der Waals surface area (Å²) in [6.07, 6.45) is -12.2. The van der Waals surface area contributed by atoms with Gasteiger partial charge in [0.05, 0.1) is 18.8 Å². The fourth-order valence-corrected chi connectivity index (χ4v) is 3.10. The zero-order valence-corrected chi connectivity index (χ0v) is 13.3. The van der Waals surface area contributed by atoms with E-state index < -0.39 is 67.8 Å². The lowest BCUT2D eigenvalue weighted by molar-refractivity contribution is -0.293. The summed E-state index contributed by atoms with van der Waals surface area (Å²) in [5.74, 6) is 0. The standard InChI is InChI=1S/C14H26O10/c1-22-14-13(21)12(20)9(17)6(24-14)3-2-5-8(16)11(19)10(18)7(4-15)23-5/h5-21H,2-4H2,1H3/t5-,6-,7-,8+,9-,10-,11-,12+,13-,14-/m1/s1. The number of hydrogen-bond acceptors (Lipinski definition) is 10. The van der Waals surface area contributed by atoms with Crippen molar-refractivity contribution in [3.63, 3.8) is 0 Å². The molecule has 10 heteroatoms. The van der Waals surface area contributed by atoms with Gasteiger partial charge in [0.25, 0.3) is 0 Å². The highest BCUT2D eigenvalue weighted by atomic mass is 16.7. The van der Waals surface area contributed by atoms with E-state index in [-0.39, 0.29) is 12.8 Å². The van der Waals surface area contributed by atoms with E-state index in [1.165, 1.54) is 7.11 Å². The maximum absolute atomic E-state index is 9.99. The molecule has 7 N–H and O–H groups in total. The molecule has 10 atom stereocenters. The Hall–Kier alpha value is -0.400. The topological polar surface area (TPSA) is 169 Å². The average molecular weight is 354 g/mol. The molecule has 2 aliphatic rings. The van der Waals surface area contributed by atoms with Crippen LogP contribution in [0.15, 0.2) is 0 Å². The van der Waals surface area contributed by atoms with Gasteiger partial charge in [0.2, 0.25) is 0 Å². The minimum atomic E-state index is -1.47. The molecule has 0 aromatic carbocycles. The second-order valence-corrected chi connectivity index (χ2v) is 6.20. The van der Waals surface area contributed by atoms with Crippen LogP contribution >= 0.6 is 0 Å². The van der Waals surface area contributed by atoms with Crippen LogP contribution in [0.25, 0.3) is 0 Å². The van der Waals surface area contributed by atoms with Crippen LogP contribution in [0, 0.1) is 0 Å². The molecule has 2 saturated heterocycles. The van der Waals surface area contributed by atoms with E-state index in [2.05, 4.69) is 0 Å². The fourth-order valence-electron chi connectivity index (χ4n) is 3.10. The highest BCUT2D eigenvalue weighted by molar-refractivity contribution is 4.94. The lowest BCUT2D eigenvalue weighted by Gasteiger charge is -2.42. The highest BCUT2D eigenvalue weighted by Crippen LogP contribution is 2.28. The third kappa shape index (κ3) is 3.88. The molecule has 142 valence electrons. The van der Waals surface area contributed by atoms with Gasteiger partial charge in [-0.2, -0.15) is 0 Å². The van der Waals surface area contributed by atoms with E-state index in [0.717, 1.165) is 0 Å². The molecule has 0 amide bonds. The SMILES string of the molecule is CO[C@@H]1O[C@H](CC[C@H]2O[C@H](CO)[C@@H](O)[C@H](O)[C@H]2O)[C@@H](O)[C@H](O)[C@H]1O. The summed E-state index contributed by atoms with van der Waals surface area (Å²) in [6.45, 7) is -0.527. The van der Waals surface area contributed by atoms with E-state index in [1.54, 1.807) is 0 Å². The lowest BCUT2D eigenvalue weighted by Crippen LogP contribution is -2.60. The van der Waals surface area contributed by atoms with E-state index in [0.29, 0.717) is 0 Å². The highest BCUT2D eigenvalue weighted by Gasteiger charge is 2.46. The van der Waals surface area contributed by atoms with Crippen molar-refractivity contribution in [3.05, 3.63) is 0 Å². The Morgan fingerprint density at radius 1 is 0.667 bits per heavy atom. The molecule has 0 saturated carbocycles. The minimum Gasteiger partial charge on any atom is -0.394 e. The Morgan fingerprint density at radius 3 is 1.62 bits per heavy atom. The van der Waals surface area contributed by atoms with Crippen LogP contribution in [-0.2, 0) is 14.2 Å². The molecule has 0 aromatic heterocycles. The Labute approximate surface area is 138 Å². The number of hydrogen-bond donors (Lipinski definition) is 7. The second kappa shape index (κ2) is 8.32. The predicted molar refractivity (Wildman–Crippen MR) is 76.7 cm³/mol. The minimum absolute atomic E-state index is 0.114. The first-order valence-electron chi connectivity index (χ1n) is 7.84. The van der Waals surface area contributed by atoms with E-state index in [1.807, 2.05) is 0 Å². The lowest BCUT2D eigenvalue weighted by atomic mass is 9.90. The van der Waals surface area contributed by atoms with Crippen molar-refractivity contribution in [3.8, 4) is 0 Å². The Morgan fingerprint density at radius 2 is 1.12 bits per heavy atom. The predicted octanol–water partition coefficient (Wildman–Crippen LogP) is -3.94. The number of aliphatic hydroxyl groups excluding tert-OH is 7. The average Bonchev–Trinajstić information content (AvgIpc) is 2.58. The maximum Gasteiger partial charge on any atom is 0.186 e. The van der Waals surface area contributed by atoms with Crippen LogP contribution in [0.1, 0.15) is 12.8 Å². The Kier molecular flexibility index (Phi) is 6.90. The van der Waals surface area contributed by atoms with Gasteiger partial charge < -0.3 is 50.0 Å². The third-order valence-corrected chi connectivity index (χ3v) is 4.63. The summed E-state index contributed by atoms with van der Waals surface area (Å²) in [5, 5.41) is 68.1. The maximum atomic E-state index is 9.99. The van der Waals surface area contributed by atoms with Crippen molar-refractivity contribution in [1.29, 1.82) is 0 Å². The molecule has 2 heterocycles. The molecule has 10 nitrogen and oxygen atoms in total. The van der Waals surface area contributed by atoms with Gasteiger partial charge in [-0.1, -0.05) is 0 Å². The fraction of sp³-hybridized carbons (Fsp3) is 1.00. The van der Waals surface area contributed by atoms with Crippen LogP contribution < -0.4 is 0 Å². The third-order valence-electron chi connectivity index (χ3n) is 4.63. The molecule has 24 heavy (non-hydrogen) atoms. The van der Waals surface area contributed by atoms with Gasteiger partial charge in [0, 0.05) is 7.11 Å². The number of ether oxygens (including phenoxy) is 3. The Bertz CT molecular complexity index is 356. The molecular formula is C14H26O10. The summed E-state index contributed by atoms with van der Waals surface area (Å²) in [6, 6.07) is 0. The Balaban J connectivity index is 1.96. The molecule has 2 rings (SSSR count). The van der Waals surface area contributed by atoms with Crippen LogP contribution in [-0.4, -0.2) is 111 Å². The molecule has 0 unspecified atom stereocenters. The van der Waals surface area contributed by atoms with Crippen molar-refractivity contribution in [2.45, 2.75) is 74.1 Å². The smallest absolute Gasteiger partial charge is 0.186 e. The molecule has 0 aliphatic carbocycles. The first-order chi connectivity index (χ1) is 11.3. The van der Waals surface area contributed by atoms with E-state index >= 15 is 0 Å². The second-order valence-electron chi connectivity index (χ2n) is 6.20. The van der Waals surface area contributed by atoms with E-state index in [9.17, 15) is 30.6 Å². The number of aliphatic hydroxyl groups is 7. The van der Waals surface area contributed by atoms with Crippen LogP contribution in [0.4, 0.5) is 0 Å². The molecule has 2 fully saturated rings. The van der Waals surface area contributed by atoms with E-state index in [4.69, 9.17) is 19.3 Å². The quantitative estimate of drug-likeness (QED) is 0.259. The molecule has 0 aromatic rings. The van der Waals surface area contributed by atoms with Crippen molar-refractivity contribution in [2.75, 3.05) is 13.7 Å². The monoisotopic (exact) mass is 354 g/mol. The first kappa shape index (κ1) is 19.9. The summed E-state index contributed by atoms with van der Waals surface area (Å²) in [7, 11) is 1.28. The van der Waals surface area contributed by atoms with Crippen LogP contribution in [0.2, 0.25) is 0 Å². The molecular weight excluding hydrogens is 328 g/mol. The van der Waals surface area contributed by atoms with Crippen molar-refractivity contribution in [2.24, 2.45) is 0 Å². The van der Waals surface area contributed by atoms with Gasteiger partial charge in [0.15, 0.2) is 6.29 Å². The van der Waals surface area contributed by atoms with Crippen molar-refractivity contribution in [1.82, 2.24) is 0 Å². The molecule has 0 bridgehead atoms. The van der Waals surface area contributed by atoms with Gasteiger partial charge in [-0.25, -0.2) is 0 Å². The van der Waals surface area contributed by atoms with Crippen LogP contribution in [0.3, 0.4) is 0 Å². The van der Waals surface area contributed by atoms with Gasteiger partial charge in [-0.05, 0) is 12.8 Å². The van der Waals surface area contributed by atoms with Crippen LogP contribution in [0.5, 0.6) is 0 Å². The molecule has 0 spiro atoms. The van der Waals surface area contributed by atoms with Gasteiger partial charge in [-0.3, -0.25) is 0 Å². The van der Waals surface area contributed by atoms with Gasteiger partial charge in [-0.15, -0.1) is 0 Å². The number of methoxy groups -OCH3 is 1. The summed E-state index contributed by atoms with van der Waals surface area (Å²) in [5.41, 5.74) is 0. The van der Waals surface area contributed by atoms with Gasteiger partial charge in [0.1, 0.15) is 42.7 Å². The number of rotatable bonds is 5. The summed E-state index contributed by atoms with van der Waals surface area (Å²) in [4.78, 5) is 0. The van der Waals surface area contributed by atoms with Gasteiger partial charge >= 0.3 is 0 Å². The largest absolute Gasteiger partial charge is 0.394 e.